The van der Waals surface area contributed by atoms with Crippen molar-refractivity contribution >= 4 is 23.7 Å². The molecule has 0 spiro atoms. The Hall–Kier alpha value is -2.85. The summed E-state index contributed by atoms with van der Waals surface area (Å²) >= 11 is 0. The van der Waals surface area contributed by atoms with Crippen LogP contribution in [0.1, 0.15) is 54.4 Å². The minimum absolute atomic E-state index is 0.0370. The first kappa shape index (κ1) is 18.5. The van der Waals surface area contributed by atoms with Gasteiger partial charge in [0.15, 0.2) is 0 Å². The van der Waals surface area contributed by atoms with Crippen LogP contribution >= 0.6 is 0 Å². The molecule has 28 heavy (non-hydrogen) atoms. The third kappa shape index (κ3) is 2.94. The van der Waals surface area contributed by atoms with Crippen molar-refractivity contribution < 1.29 is 9.46 Å². The fourth-order valence-corrected chi connectivity index (χ4v) is 3.99. The first-order valence-corrected chi connectivity index (χ1v) is 9.80. The molecule has 0 radical (unpaired) electrons. The lowest BCUT2D eigenvalue weighted by atomic mass is 9.86. The van der Waals surface area contributed by atoms with E-state index in [4.69, 9.17) is 5.73 Å². The Morgan fingerprint density at radius 1 is 1.18 bits per heavy atom. The summed E-state index contributed by atoms with van der Waals surface area (Å²) in [5, 5.41) is 10.3. The van der Waals surface area contributed by atoms with Crippen LogP contribution in [-0.4, -0.2) is 16.2 Å². The highest BCUT2D eigenvalue weighted by Gasteiger charge is 2.26. The standard InChI is InChI=1S/C24H27N3O/c1-16-14-19(9-7-17-15-18(24(2,3)4)8-10-22(17)28)27-23(16)20(11-12-25)21-6-5-13-26(21)27/h5-10,13-15H,11-12,25H2,1-4H3/p+1. The van der Waals surface area contributed by atoms with Gasteiger partial charge in [0.25, 0.3) is 0 Å². The molecule has 4 nitrogen and oxygen atoms in total. The van der Waals surface area contributed by atoms with E-state index < -0.39 is 0 Å². The molecule has 0 atom stereocenters. The fourth-order valence-electron chi connectivity index (χ4n) is 3.99. The molecular formula is C24H28N3O+. The van der Waals surface area contributed by atoms with Crippen LogP contribution in [0.25, 0.3) is 23.7 Å². The van der Waals surface area contributed by atoms with Gasteiger partial charge in [0.2, 0.25) is 11.9 Å². The number of phenols is 1. The number of hydrogen-bond acceptors (Lipinski definition) is 2. The lowest BCUT2D eigenvalue weighted by Gasteiger charge is -2.19. The van der Waals surface area contributed by atoms with Gasteiger partial charge in [-0.25, -0.2) is 0 Å². The highest BCUT2D eigenvalue weighted by Crippen LogP contribution is 2.29. The molecular weight excluding hydrogens is 346 g/mol. The summed E-state index contributed by atoms with van der Waals surface area (Å²) in [5.41, 5.74) is 14.0. The smallest absolute Gasteiger partial charge is 0.242 e. The highest BCUT2D eigenvalue weighted by atomic mass is 16.3. The van der Waals surface area contributed by atoms with Crippen molar-refractivity contribution in [2.75, 3.05) is 6.54 Å². The molecule has 0 fully saturated rings. The van der Waals surface area contributed by atoms with Gasteiger partial charge in [-0.3, -0.25) is 0 Å². The number of hydrogen-bond donors (Lipinski definition) is 2. The molecule has 0 aliphatic carbocycles. The van der Waals surface area contributed by atoms with E-state index in [1.807, 2.05) is 12.1 Å². The average molecular weight is 375 g/mol. The molecule has 3 heterocycles. The predicted molar refractivity (Wildman–Crippen MR) is 115 cm³/mol. The Kier molecular flexibility index (Phi) is 4.39. The third-order valence-electron chi connectivity index (χ3n) is 5.45. The molecule has 0 saturated carbocycles. The average Bonchev–Trinajstić information content (AvgIpc) is 3.28. The van der Waals surface area contributed by atoms with Crippen molar-refractivity contribution in [3.05, 3.63) is 70.2 Å². The zero-order valence-electron chi connectivity index (χ0n) is 17.0. The van der Waals surface area contributed by atoms with Crippen LogP contribution in [0.5, 0.6) is 5.75 Å². The quantitative estimate of drug-likeness (QED) is 0.679. The van der Waals surface area contributed by atoms with Crippen LogP contribution in [0, 0.1) is 13.1 Å². The predicted octanol–water partition coefficient (Wildman–Crippen LogP) is 3.97. The molecule has 1 aromatic carbocycles. The van der Waals surface area contributed by atoms with Crippen molar-refractivity contribution in [3.8, 4) is 5.75 Å². The Morgan fingerprint density at radius 3 is 2.68 bits per heavy atom. The van der Waals surface area contributed by atoms with Crippen LogP contribution in [0.3, 0.4) is 0 Å². The zero-order valence-corrected chi connectivity index (χ0v) is 17.0. The lowest BCUT2D eigenvalue weighted by Crippen LogP contribution is -2.24. The molecule has 1 aliphatic heterocycles. The number of phenolic OH excluding ortho intramolecular Hbond substituents is 1. The molecule has 4 rings (SSSR count). The Bertz CT molecular complexity index is 1170. The van der Waals surface area contributed by atoms with Crippen molar-refractivity contribution in [2.45, 2.75) is 39.5 Å². The summed E-state index contributed by atoms with van der Waals surface area (Å²) in [4.78, 5) is 0. The molecule has 4 heteroatoms. The summed E-state index contributed by atoms with van der Waals surface area (Å²) in [6.45, 7) is 9.31. The molecule has 3 N–H and O–H groups in total. The highest BCUT2D eigenvalue weighted by molar-refractivity contribution is 5.77. The number of fused-ring (bicyclic) bond motifs is 3. The van der Waals surface area contributed by atoms with Gasteiger partial charge in [0.1, 0.15) is 17.0 Å². The fraction of sp³-hybridized carbons (Fsp3) is 0.292. The number of aryl methyl sites for hydroxylation is 1. The van der Waals surface area contributed by atoms with Gasteiger partial charge in [-0.15, -0.1) is 4.52 Å². The Labute approximate surface area is 165 Å². The number of nitrogens with two attached hydrogens (primary N) is 1. The molecule has 0 saturated heterocycles. The number of aromatic nitrogens is 2. The maximum absolute atomic E-state index is 10.3. The second kappa shape index (κ2) is 6.64. The normalized spacial score (nSPS) is 13.6. The number of rotatable bonds is 4. The minimum Gasteiger partial charge on any atom is -0.507 e. The number of nitrogens with zero attached hydrogens (tertiary/aromatic N) is 2. The molecule has 0 amide bonds. The second-order valence-electron chi connectivity index (χ2n) is 8.52. The maximum Gasteiger partial charge on any atom is 0.242 e. The van der Waals surface area contributed by atoms with E-state index in [-0.39, 0.29) is 5.41 Å². The summed E-state index contributed by atoms with van der Waals surface area (Å²) in [6, 6.07) is 8.03. The van der Waals surface area contributed by atoms with Gasteiger partial charge in [-0.05, 0) is 66.8 Å². The van der Waals surface area contributed by atoms with Crippen molar-refractivity contribution in [3.63, 3.8) is 0 Å². The Balaban J connectivity index is 1.83. The molecule has 0 bridgehead atoms. The van der Waals surface area contributed by atoms with E-state index in [1.165, 1.54) is 27.9 Å². The van der Waals surface area contributed by atoms with E-state index in [0.29, 0.717) is 12.3 Å². The van der Waals surface area contributed by atoms with Crippen molar-refractivity contribution in [1.29, 1.82) is 0 Å². The number of benzene rings is 1. The van der Waals surface area contributed by atoms with Gasteiger partial charge in [0.05, 0.1) is 5.56 Å². The van der Waals surface area contributed by atoms with Crippen LogP contribution in [0.2, 0.25) is 0 Å². The Morgan fingerprint density at radius 2 is 1.96 bits per heavy atom. The van der Waals surface area contributed by atoms with Crippen LogP contribution in [-0.2, 0) is 11.8 Å². The largest absolute Gasteiger partial charge is 0.507 e. The number of aromatic hydroxyl groups is 1. The van der Waals surface area contributed by atoms with Crippen LogP contribution < -0.4 is 10.1 Å². The number of allylic oxidation sites excluding steroid dienone is 1. The molecule has 2 aromatic heterocycles. The SMILES string of the molecule is Cc1cc(/C=C/c2cc(C(C)(C)C)ccc2O)n2c1c(CCN)c1[n+]2=CC=C1. The molecule has 144 valence electrons. The summed E-state index contributed by atoms with van der Waals surface area (Å²) in [5.74, 6) is 0.297. The second-order valence-corrected chi connectivity index (χ2v) is 8.52. The van der Waals surface area contributed by atoms with Crippen molar-refractivity contribution in [1.82, 2.24) is 4.52 Å². The van der Waals surface area contributed by atoms with E-state index in [9.17, 15) is 5.11 Å². The van der Waals surface area contributed by atoms with E-state index >= 15 is 0 Å². The van der Waals surface area contributed by atoms with E-state index in [0.717, 1.165) is 17.7 Å². The van der Waals surface area contributed by atoms with Crippen LogP contribution in [0.4, 0.5) is 0 Å². The monoisotopic (exact) mass is 374 g/mol. The third-order valence-corrected chi connectivity index (χ3v) is 5.45. The van der Waals surface area contributed by atoms with Gasteiger partial charge < -0.3 is 10.8 Å². The van der Waals surface area contributed by atoms with E-state index in [1.54, 1.807) is 6.07 Å². The first-order chi connectivity index (χ1) is 13.3. The van der Waals surface area contributed by atoms with Gasteiger partial charge in [-0.1, -0.05) is 31.2 Å². The first-order valence-electron chi connectivity index (χ1n) is 9.80. The van der Waals surface area contributed by atoms with Crippen molar-refractivity contribution in [2.24, 2.45) is 5.73 Å². The zero-order chi connectivity index (χ0) is 20.1. The molecule has 1 aliphatic rings. The van der Waals surface area contributed by atoms with Crippen LogP contribution in [0.15, 0.2) is 30.3 Å². The lowest BCUT2D eigenvalue weighted by molar-refractivity contribution is -0.583. The van der Waals surface area contributed by atoms with Gasteiger partial charge in [-0.2, -0.15) is 0 Å². The summed E-state index contributed by atoms with van der Waals surface area (Å²) in [6.07, 6.45) is 11.2. The van der Waals surface area contributed by atoms with E-state index in [2.05, 4.69) is 73.1 Å². The maximum atomic E-state index is 10.3. The molecule has 3 aromatic rings. The summed E-state index contributed by atoms with van der Waals surface area (Å²) < 4.78 is 4.41. The topological polar surface area (TPSA) is 56.6 Å². The minimum atomic E-state index is 0.0370. The van der Waals surface area contributed by atoms with Gasteiger partial charge >= 0.3 is 0 Å². The molecule has 0 unspecified atom stereocenters. The van der Waals surface area contributed by atoms with Gasteiger partial charge in [0, 0.05) is 17.7 Å². The summed E-state index contributed by atoms with van der Waals surface area (Å²) in [7, 11) is 0.